The highest BCUT2D eigenvalue weighted by Gasteiger charge is 2.41. The molecule has 1 heterocycles. The third-order valence-electron chi connectivity index (χ3n) is 1.63. The molecule has 0 amide bonds. The maximum atomic E-state index is 12.3. The second-order valence-corrected chi connectivity index (χ2v) is 3.20. The zero-order chi connectivity index (χ0) is 14.8. The molecule has 0 aliphatic rings. The molecule has 0 atom stereocenters. The number of carboxylic acid groups (broad SMARTS) is 1. The number of alkyl halides is 6. The summed E-state index contributed by atoms with van der Waals surface area (Å²) in [6.07, 6.45) is -9.77. The summed E-state index contributed by atoms with van der Waals surface area (Å²) in [4.78, 5) is 13.2. The lowest BCUT2D eigenvalue weighted by Gasteiger charge is -2.04. The summed E-state index contributed by atoms with van der Waals surface area (Å²) in [7, 11) is 0. The minimum Gasteiger partial charge on any atom is -0.475 e. The molecule has 1 N–H and O–H groups in total. The number of aromatic nitrogens is 1. The summed E-state index contributed by atoms with van der Waals surface area (Å²) in [5.41, 5.74) is -1.83. The first-order chi connectivity index (χ1) is 8.50. The highest BCUT2D eigenvalue weighted by atomic mass is 19.4. The van der Waals surface area contributed by atoms with E-state index in [4.69, 9.17) is 5.11 Å². The Bertz CT molecular complexity index is 463. The quantitative estimate of drug-likeness (QED) is 0.863. The molecule has 0 aromatic carbocycles. The Labute approximate surface area is 100 Å². The fourth-order valence-electron chi connectivity index (χ4n) is 1.02. The van der Waals surface area contributed by atoms with Gasteiger partial charge in [0.05, 0.1) is 0 Å². The highest BCUT2D eigenvalue weighted by Crippen LogP contribution is 2.32. The number of carboxylic acids is 1. The smallest absolute Gasteiger partial charge is 0.437 e. The van der Waals surface area contributed by atoms with Crippen molar-refractivity contribution in [3.8, 4) is 0 Å². The van der Waals surface area contributed by atoms with Gasteiger partial charge in [-0.1, -0.05) is 0 Å². The number of rotatable bonds is 4. The van der Waals surface area contributed by atoms with Gasteiger partial charge >= 0.3 is 18.3 Å². The Morgan fingerprint density at radius 3 is 2.21 bits per heavy atom. The van der Waals surface area contributed by atoms with Crippen LogP contribution in [0.5, 0.6) is 0 Å². The number of aromatic carboxylic acids is 1. The molecule has 1 rings (SSSR count). The SMILES string of the molecule is O=C(O)c1oc(COCC(F)(F)F)nc1C(F)(F)F. The lowest BCUT2D eigenvalue weighted by atomic mass is 10.3. The molecular weight excluding hydrogens is 288 g/mol. The van der Waals surface area contributed by atoms with Crippen molar-refractivity contribution >= 4 is 5.97 Å². The van der Waals surface area contributed by atoms with Crippen molar-refractivity contribution in [2.24, 2.45) is 0 Å². The summed E-state index contributed by atoms with van der Waals surface area (Å²) in [5, 5.41) is 8.44. The zero-order valence-electron chi connectivity index (χ0n) is 8.80. The van der Waals surface area contributed by atoms with Gasteiger partial charge in [0.25, 0.3) is 0 Å². The van der Waals surface area contributed by atoms with E-state index in [-0.39, 0.29) is 0 Å². The van der Waals surface area contributed by atoms with E-state index in [0.29, 0.717) is 0 Å². The number of ether oxygens (including phenoxy) is 1. The van der Waals surface area contributed by atoms with E-state index in [0.717, 1.165) is 0 Å². The monoisotopic (exact) mass is 293 g/mol. The van der Waals surface area contributed by atoms with Gasteiger partial charge in [0, 0.05) is 0 Å². The number of nitrogens with zero attached hydrogens (tertiary/aromatic N) is 1. The van der Waals surface area contributed by atoms with Gasteiger partial charge < -0.3 is 14.3 Å². The first-order valence-corrected chi connectivity index (χ1v) is 4.45. The zero-order valence-corrected chi connectivity index (χ0v) is 8.80. The average molecular weight is 293 g/mol. The van der Waals surface area contributed by atoms with Gasteiger partial charge in [-0.3, -0.25) is 0 Å². The molecule has 0 radical (unpaired) electrons. The van der Waals surface area contributed by atoms with Crippen molar-refractivity contribution in [1.82, 2.24) is 4.98 Å². The number of halogens is 6. The van der Waals surface area contributed by atoms with Crippen molar-refractivity contribution in [3.05, 3.63) is 17.3 Å². The molecule has 19 heavy (non-hydrogen) atoms. The largest absolute Gasteiger partial charge is 0.475 e. The predicted molar refractivity (Wildman–Crippen MR) is 44.2 cm³/mol. The molecule has 0 saturated heterocycles. The van der Waals surface area contributed by atoms with E-state index in [9.17, 15) is 31.1 Å². The highest BCUT2D eigenvalue weighted by molar-refractivity contribution is 5.85. The van der Waals surface area contributed by atoms with Crippen LogP contribution >= 0.6 is 0 Å². The predicted octanol–water partition coefficient (Wildman–Crippen LogP) is 2.47. The Morgan fingerprint density at radius 2 is 1.84 bits per heavy atom. The van der Waals surface area contributed by atoms with E-state index in [1.54, 1.807) is 0 Å². The van der Waals surface area contributed by atoms with Crippen LogP contribution in [0, 0.1) is 0 Å². The molecule has 0 bridgehead atoms. The van der Waals surface area contributed by atoms with Crippen molar-refractivity contribution < 1.29 is 45.4 Å². The molecule has 5 nitrogen and oxygen atoms in total. The summed E-state index contributed by atoms with van der Waals surface area (Å²) >= 11 is 0. The number of hydrogen-bond acceptors (Lipinski definition) is 4. The molecular formula is C8H5F6NO4. The van der Waals surface area contributed by atoms with Crippen molar-refractivity contribution in [1.29, 1.82) is 0 Å². The fourth-order valence-corrected chi connectivity index (χ4v) is 1.02. The van der Waals surface area contributed by atoms with Gasteiger partial charge in [-0.05, 0) is 0 Å². The normalized spacial score (nSPS) is 12.7. The van der Waals surface area contributed by atoms with Gasteiger partial charge in [-0.25, -0.2) is 9.78 Å². The van der Waals surface area contributed by atoms with Crippen LogP contribution in [0.15, 0.2) is 4.42 Å². The second kappa shape index (κ2) is 5.07. The minimum absolute atomic E-state index is 0.908. The van der Waals surface area contributed by atoms with Crippen LogP contribution in [-0.2, 0) is 17.5 Å². The molecule has 11 heteroatoms. The van der Waals surface area contributed by atoms with Gasteiger partial charge in [0.1, 0.15) is 13.2 Å². The Hall–Kier alpha value is -1.78. The van der Waals surface area contributed by atoms with Crippen molar-refractivity contribution in [2.75, 3.05) is 6.61 Å². The number of hydrogen-bond donors (Lipinski definition) is 1. The third-order valence-corrected chi connectivity index (χ3v) is 1.63. The van der Waals surface area contributed by atoms with E-state index in [1.165, 1.54) is 0 Å². The Morgan fingerprint density at radius 1 is 1.26 bits per heavy atom. The van der Waals surface area contributed by atoms with Gasteiger partial charge in [-0.2, -0.15) is 26.3 Å². The van der Waals surface area contributed by atoms with Crippen LogP contribution in [0.25, 0.3) is 0 Å². The molecule has 0 aliphatic carbocycles. The minimum atomic E-state index is -5.10. The summed E-state index contributed by atoms with van der Waals surface area (Å²) in [6.45, 7) is -2.75. The topological polar surface area (TPSA) is 72.6 Å². The van der Waals surface area contributed by atoms with Crippen LogP contribution in [0.1, 0.15) is 22.1 Å². The molecule has 0 saturated carbocycles. The van der Waals surface area contributed by atoms with Crippen molar-refractivity contribution in [3.63, 3.8) is 0 Å². The molecule has 1 aromatic heterocycles. The molecule has 0 aliphatic heterocycles. The molecule has 0 unspecified atom stereocenters. The van der Waals surface area contributed by atoms with Gasteiger partial charge in [0.2, 0.25) is 11.7 Å². The maximum absolute atomic E-state index is 12.3. The van der Waals surface area contributed by atoms with Crippen LogP contribution in [0.2, 0.25) is 0 Å². The summed E-state index contributed by atoms with van der Waals surface area (Å²) in [5.74, 6) is -4.45. The summed E-state index contributed by atoms with van der Waals surface area (Å²) in [6, 6.07) is 0. The second-order valence-electron chi connectivity index (χ2n) is 3.20. The first-order valence-electron chi connectivity index (χ1n) is 4.45. The molecule has 108 valence electrons. The Kier molecular flexibility index (Phi) is 4.08. The fraction of sp³-hybridized carbons (Fsp3) is 0.500. The van der Waals surface area contributed by atoms with Crippen molar-refractivity contribution in [2.45, 2.75) is 19.0 Å². The van der Waals surface area contributed by atoms with Gasteiger partial charge in [0.15, 0.2) is 5.69 Å². The lowest BCUT2D eigenvalue weighted by molar-refractivity contribution is -0.178. The average Bonchev–Trinajstić information content (AvgIpc) is 2.59. The maximum Gasteiger partial charge on any atom is 0.437 e. The van der Waals surface area contributed by atoms with E-state index < -0.39 is 48.9 Å². The molecule has 1 aromatic rings. The number of oxazole rings is 1. The number of carbonyl (C=O) groups is 1. The first kappa shape index (κ1) is 15.3. The van der Waals surface area contributed by atoms with E-state index in [1.807, 2.05) is 0 Å². The third kappa shape index (κ3) is 4.43. The van der Waals surface area contributed by atoms with Crippen LogP contribution in [0.4, 0.5) is 26.3 Å². The molecule has 0 fully saturated rings. The molecule has 0 spiro atoms. The van der Waals surface area contributed by atoms with Crippen LogP contribution in [0.3, 0.4) is 0 Å². The summed E-state index contributed by atoms with van der Waals surface area (Å²) < 4.78 is 80.3. The standard InChI is InChI=1S/C8H5F6NO4/c9-7(10,11)2-18-1-3-15-5(8(12,13)14)4(19-3)6(16)17/h1-2H2,(H,16,17). The van der Waals surface area contributed by atoms with Gasteiger partial charge in [-0.15, -0.1) is 0 Å². The van der Waals surface area contributed by atoms with Crippen LogP contribution < -0.4 is 0 Å². The Balaban J connectivity index is 2.85. The van der Waals surface area contributed by atoms with E-state index in [2.05, 4.69) is 14.1 Å². The van der Waals surface area contributed by atoms with E-state index >= 15 is 0 Å². The van der Waals surface area contributed by atoms with Crippen LogP contribution in [-0.4, -0.2) is 28.8 Å². The lowest BCUT2D eigenvalue weighted by Crippen LogP contribution is -2.16.